The third kappa shape index (κ3) is 4.47. The minimum absolute atomic E-state index is 1.03. The van der Waals surface area contributed by atoms with E-state index in [1.54, 1.807) is 0 Å². The topological polar surface area (TPSA) is 0 Å². The van der Waals surface area contributed by atoms with Crippen LogP contribution < -0.4 is 0 Å². The summed E-state index contributed by atoms with van der Waals surface area (Å²) in [7, 11) is 0. The molecule has 0 aromatic rings. The predicted octanol–water partition coefficient (Wildman–Crippen LogP) is 5.81. The monoisotopic (exact) mass is 224 g/mol. The Morgan fingerprint density at radius 1 is 0.625 bits per heavy atom. The van der Waals surface area contributed by atoms with Crippen molar-refractivity contribution in [1.82, 2.24) is 0 Å². The van der Waals surface area contributed by atoms with Gasteiger partial charge in [-0.3, -0.25) is 0 Å². The van der Waals surface area contributed by atoms with Gasteiger partial charge < -0.3 is 0 Å². The van der Waals surface area contributed by atoms with Crippen molar-refractivity contribution in [3.8, 4) is 0 Å². The van der Waals surface area contributed by atoms with Crippen LogP contribution in [0, 0.1) is 17.8 Å². The molecule has 16 heavy (non-hydrogen) atoms. The van der Waals surface area contributed by atoms with Crippen molar-refractivity contribution in [2.75, 3.05) is 0 Å². The van der Waals surface area contributed by atoms with Crippen LogP contribution in [0.25, 0.3) is 0 Å². The van der Waals surface area contributed by atoms with Crippen LogP contribution in [0.15, 0.2) is 0 Å². The van der Waals surface area contributed by atoms with E-state index in [2.05, 4.69) is 20.8 Å². The molecule has 0 heteroatoms. The fourth-order valence-electron chi connectivity index (χ4n) is 3.61. The van der Waals surface area contributed by atoms with Crippen LogP contribution in [0.5, 0.6) is 0 Å². The lowest BCUT2D eigenvalue weighted by Gasteiger charge is -2.28. The fourth-order valence-corrected chi connectivity index (χ4v) is 3.61. The summed E-state index contributed by atoms with van der Waals surface area (Å²) in [6.45, 7) is 7.17. The summed E-state index contributed by atoms with van der Waals surface area (Å²) in [6, 6.07) is 0. The predicted molar refractivity (Wildman–Crippen MR) is 73.7 cm³/mol. The van der Waals surface area contributed by atoms with E-state index in [-0.39, 0.29) is 0 Å². The number of hydrogen-bond donors (Lipinski definition) is 0. The van der Waals surface area contributed by atoms with E-state index in [0.717, 1.165) is 17.8 Å². The first kappa shape index (κ1) is 14.1. The third-order valence-electron chi connectivity index (χ3n) is 4.92. The van der Waals surface area contributed by atoms with Gasteiger partial charge in [-0.15, -0.1) is 0 Å². The Morgan fingerprint density at radius 3 is 1.69 bits per heavy atom. The van der Waals surface area contributed by atoms with Gasteiger partial charge in [0.2, 0.25) is 0 Å². The fraction of sp³-hybridized carbons (Fsp3) is 1.00. The Bertz CT molecular complexity index is 161. The van der Waals surface area contributed by atoms with Crippen LogP contribution in [0.2, 0.25) is 0 Å². The van der Waals surface area contributed by atoms with Gasteiger partial charge in [0.05, 0.1) is 0 Å². The highest BCUT2D eigenvalue weighted by Crippen LogP contribution is 2.32. The van der Waals surface area contributed by atoms with Gasteiger partial charge in [-0.05, 0) is 17.8 Å². The van der Waals surface area contributed by atoms with E-state index < -0.39 is 0 Å². The van der Waals surface area contributed by atoms with Gasteiger partial charge in [0.25, 0.3) is 0 Å². The summed E-state index contributed by atoms with van der Waals surface area (Å²) < 4.78 is 0. The van der Waals surface area contributed by atoms with E-state index in [9.17, 15) is 0 Å². The standard InChI is InChI=1S/C16H32/c1-4-14-10-7-8-12-15(5-2)16(6-3)13-9-11-14/h14-16H,4-13H2,1-3H3. The zero-order chi connectivity index (χ0) is 11.8. The molecule has 0 amide bonds. The van der Waals surface area contributed by atoms with Crippen molar-refractivity contribution in [3.63, 3.8) is 0 Å². The van der Waals surface area contributed by atoms with Crippen molar-refractivity contribution >= 4 is 0 Å². The lowest BCUT2D eigenvalue weighted by molar-refractivity contribution is 0.241. The molecule has 0 aromatic heterocycles. The number of rotatable bonds is 3. The molecule has 0 radical (unpaired) electrons. The largest absolute Gasteiger partial charge is 0.0651 e. The molecule has 0 bridgehead atoms. The third-order valence-corrected chi connectivity index (χ3v) is 4.92. The van der Waals surface area contributed by atoms with Gasteiger partial charge in [0.1, 0.15) is 0 Å². The molecule has 0 spiro atoms. The van der Waals surface area contributed by atoms with Gasteiger partial charge >= 0.3 is 0 Å². The first-order valence-corrected chi connectivity index (χ1v) is 7.81. The molecular weight excluding hydrogens is 192 g/mol. The summed E-state index contributed by atoms with van der Waals surface area (Å²) in [5.41, 5.74) is 0. The molecule has 0 aromatic carbocycles. The quantitative estimate of drug-likeness (QED) is 0.567. The van der Waals surface area contributed by atoms with Gasteiger partial charge in [-0.2, -0.15) is 0 Å². The maximum absolute atomic E-state index is 2.40. The van der Waals surface area contributed by atoms with Gasteiger partial charge in [0, 0.05) is 0 Å². The molecule has 0 aliphatic heterocycles. The Kier molecular flexibility index (Phi) is 7.16. The molecule has 1 rings (SSSR count). The highest BCUT2D eigenvalue weighted by Gasteiger charge is 2.19. The zero-order valence-corrected chi connectivity index (χ0v) is 11.8. The molecule has 3 atom stereocenters. The van der Waals surface area contributed by atoms with E-state index >= 15 is 0 Å². The van der Waals surface area contributed by atoms with Crippen LogP contribution in [0.4, 0.5) is 0 Å². The van der Waals surface area contributed by atoms with Crippen molar-refractivity contribution < 1.29 is 0 Å². The maximum Gasteiger partial charge on any atom is -0.0389 e. The molecule has 1 fully saturated rings. The second-order valence-corrected chi connectivity index (χ2v) is 5.83. The van der Waals surface area contributed by atoms with Crippen molar-refractivity contribution in [1.29, 1.82) is 0 Å². The van der Waals surface area contributed by atoms with E-state index in [4.69, 9.17) is 0 Å². The SMILES string of the molecule is CCC1CCCCC(CC)C(CC)CCC1. The van der Waals surface area contributed by atoms with Crippen molar-refractivity contribution in [3.05, 3.63) is 0 Å². The lowest BCUT2D eigenvalue weighted by Crippen LogP contribution is -2.15. The molecule has 0 saturated heterocycles. The van der Waals surface area contributed by atoms with Crippen LogP contribution in [0.3, 0.4) is 0 Å². The molecule has 0 heterocycles. The first-order chi connectivity index (χ1) is 7.81. The molecule has 0 nitrogen and oxygen atoms in total. The summed E-state index contributed by atoms with van der Waals surface area (Å²) in [4.78, 5) is 0. The van der Waals surface area contributed by atoms with Crippen LogP contribution in [0.1, 0.15) is 85.0 Å². The second-order valence-electron chi connectivity index (χ2n) is 5.83. The molecular formula is C16H32. The number of hydrogen-bond acceptors (Lipinski definition) is 0. The van der Waals surface area contributed by atoms with Crippen molar-refractivity contribution in [2.45, 2.75) is 85.0 Å². The van der Waals surface area contributed by atoms with Gasteiger partial charge in [-0.25, -0.2) is 0 Å². The average molecular weight is 224 g/mol. The first-order valence-electron chi connectivity index (χ1n) is 7.81. The Balaban J connectivity index is 2.46. The Hall–Kier alpha value is 0. The van der Waals surface area contributed by atoms with Gasteiger partial charge in [0.15, 0.2) is 0 Å². The summed E-state index contributed by atoms with van der Waals surface area (Å²) in [6.07, 6.45) is 14.7. The molecule has 1 saturated carbocycles. The summed E-state index contributed by atoms with van der Waals surface area (Å²) >= 11 is 0. The average Bonchev–Trinajstić information content (AvgIpc) is 2.34. The maximum atomic E-state index is 2.40. The molecule has 96 valence electrons. The minimum atomic E-state index is 1.03. The second kappa shape index (κ2) is 8.14. The lowest BCUT2D eigenvalue weighted by atomic mass is 9.78. The van der Waals surface area contributed by atoms with E-state index in [1.165, 1.54) is 64.2 Å². The highest BCUT2D eigenvalue weighted by atomic mass is 14.3. The molecule has 1 aliphatic rings. The van der Waals surface area contributed by atoms with Crippen LogP contribution in [-0.2, 0) is 0 Å². The smallest absolute Gasteiger partial charge is 0.0389 e. The normalized spacial score (nSPS) is 33.6. The van der Waals surface area contributed by atoms with E-state index in [0.29, 0.717) is 0 Å². The van der Waals surface area contributed by atoms with E-state index in [1.807, 2.05) is 0 Å². The Labute approximate surface area is 103 Å². The van der Waals surface area contributed by atoms with Crippen molar-refractivity contribution in [2.24, 2.45) is 17.8 Å². The minimum Gasteiger partial charge on any atom is -0.0651 e. The van der Waals surface area contributed by atoms with Crippen LogP contribution >= 0.6 is 0 Å². The molecule has 3 unspecified atom stereocenters. The highest BCUT2D eigenvalue weighted by molar-refractivity contribution is 4.71. The molecule has 1 aliphatic carbocycles. The molecule has 0 N–H and O–H groups in total. The van der Waals surface area contributed by atoms with Crippen LogP contribution in [-0.4, -0.2) is 0 Å². The summed E-state index contributed by atoms with van der Waals surface area (Å²) in [5.74, 6) is 3.10. The van der Waals surface area contributed by atoms with Gasteiger partial charge in [-0.1, -0.05) is 85.0 Å². The Morgan fingerprint density at radius 2 is 1.12 bits per heavy atom. The zero-order valence-electron chi connectivity index (χ0n) is 11.8. The summed E-state index contributed by atoms with van der Waals surface area (Å²) in [5, 5.41) is 0.